The fourth-order valence-electron chi connectivity index (χ4n) is 0.935. The highest BCUT2D eigenvalue weighted by Gasteiger charge is 1.99. The van der Waals surface area contributed by atoms with E-state index in [0.717, 1.165) is 12.2 Å². The first-order valence-electron chi connectivity index (χ1n) is 4.40. The summed E-state index contributed by atoms with van der Waals surface area (Å²) in [6.07, 6.45) is 0.783. The monoisotopic (exact) mass is 175 g/mol. The predicted molar refractivity (Wildman–Crippen MR) is 51.3 cm³/mol. The molecule has 0 saturated carbocycles. The van der Waals surface area contributed by atoms with Crippen LogP contribution in [0.2, 0.25) is 0 Å². The van der Waals surface area contributed by atoms with Gasteiger partial charge in [0.1, 0.15) is 5.75 Å². The van der Waals surface area contributed by atoms with E-state index in [9.17, 15) is 0 Å². The molecule has 0 heterocycles. The van der Waals surface area contributed by atoms with Crippen molar-refractivity contribution in [2.45, 2.75) is 13.3 Å². The molecule has 1 aromatic carbocycles. The highest BCUT2D eigenvalue weighted by Crippen LogP contribution is 2.09. The zero-order chi connectivity index (χ0) is 9.52. The molecular weight excluding hydrogens is 162 g/mol. The van der Waals surface area contributed by atoms with Gasteiger partial charge in [-0.1, -0.05) is 18.2 Å². The first kappa shape index (κ1) is 9.60. The summed E-state index contributed by atoms with van der Waals surface area (Å²) in [5.74, 6) is 0.941. The Morgan fingerprint density at radius 2 is 2.08 bits per heavy atom. The van der Waals surface area contributed by atoms with E-state index in [4.69, 9.17) is 10.00 Å². The van der Waals surface area contributed by atoms with Gasteiger partial charge in [-0.25, -0.2) is 0 Å². The van der Waals surface area contributed by atoms with E-state index in [1.165, 1.54) is 0 Å². The lowest BCUT2D eigenvalue weighted by molar-refractivity contribution is 0.297. The summed E-state index contributed by atoms with van der Waals surface area (Å²) in [6, 6.07) is 11.8. The second-order valence-corrected chi connectivity index (χ2v) is 2.98. The summed E-state index contributed by atoms with van der Waals surface area (Å²) in [5, 5.41) is 8.53. The van der Waals surface area contributed by atoms with Crippen LogP contribution in [0.25, 0.3) is 0 Å². The second kappa shape index (κ2) is 5.21. The van der Waals surface area contributed by atoms with Crippen LogP contribution in [0.1, 0.15) is 13.3 Å². The number of ether oxygens (including phenoxy) is 1. The minimum atomic E-state index is 0.0729. The fourth-order valence-corrected chi connectivity index (χ4v) is 0.935. The van der Waals surface area contributed by atoms with E-state index in [2.05, 4.69) is 6.07 Å². The summed E-state index contributed by atoms with van der Waals surface area (Å²) in [5.41, 5.74) is 0. The Balaban J connectivity index is 2.25. The van der Waals surface area contributed by atoms with Gasteiger partial charge in [0, 0.05) is 5.92 Å². The Labute approximate surface area is 78.8 Å². The molecular formula is C11H13NO. The maximum absolute atomic E-state index is 8.53. The van der Waals surface area contributed by atoms with Crippen LogP contribution in [-0.4, -0.2) is 6.61 Å². The summed E-state index contributed by atoms with van der Waals surface area (Å²) >= 11 is 0. The highest BCUT2D eigenvalue weighted by molar-refractivity contribution is 5.20. The molecule has 13 heavy (non-hydrogen) atoms. The molecule has 0 amide bonds. The van der Waals surface area contributed by atoms with Crippen LogP contribution in [0.4, 0.5) is 0 Å². The summed E-state index contributed by atoms with van der Waals surface area (Å²) in [6.45, 7) is 2.51. The maximum Gasteiger partial charge on any atom is 0.119 e. The third-order valence-corrected chi connectivity index (χ3v) is 1.78. The minimum Gasteiger partial charge on any atom is -0.494 e. The van der Waals surface area contributed by atoms with Gasteiger partial charge in [-0.15, -0.1) is 0 Å². The van der Waals surface area contributed by atoms with Crippen LogP contribution < -0.4 is 4.74 Å². The van der Waals surface area contributed by atoms with E-state index in [1.807, 2.05) is 37.3 Å². The Bertz CT molecular complexity index is 276. The van der Waals surface area contributed by atoms with Gasteiger partial charge in [0.2, 0.25) is 0 Å². The van der Waals surface area contributed by atoms with Crippen LogP contribution >= 0.6 is 0 Å². The van der Waals surface area contributed by atoms with Gasteiger partial charge >= 0.3 is 0 Å². The van der Waals surface area contributed by atoms with Crippen molar-refractivity contribution in [2.24, 2.45) is 5.92 Å². The van der Waals surface area contributed by atoms with Crippen LogP contribution in [0, 0.1) is 17.2 Å². The van der Waals surface area contributed by atoms with E-state index >= 15 is 0 Å². The molecule has 0 saturated heterocycles. The number of hydrogen-bond donors (Lipinski definition) is 0. The summed E-state index contributed by atoms with van der Waals surface area (Å²) < 4.78 is 5.43. The average Bonchev–Trinajstić information content (AvgIpc) is 2.19. The molecule has 0 aliphatic carbocycles. The molecule has 0 aromatic heterocycles. The van der Waals surface area contributed by atoms with Crippen LogP contribution in [0.15, 0.2) is 30.3 Å². The molecule has 1 rings (SSSR count). The first-order chi connectivity index (χ1) is 6.33. The number of benzene rings is 1. The Hall–Kier alpha value is -1.49. The van der Waals surface area contributed by atoms with Gasteiger partial charge in [0.05, 0.1) is 12.7 Å². The molecule has 0 aliphatic heterocycles. The number of nitriles is 1. The van der Waals surface area contributed by atoms with Gasteiger partial charge in [-0.05, 0) is 25.5 Å². The molecule has 1 aromatic rings. The van der Waals surface area contributed by atoms with Gasteiger partial charge in [0.25, 0.3) is 0 Å². The van der Waals surface area contributed by atoms with Gasteiger partial charge in [-0.2, -0.15) is 5.26 Å². The van der Waals surface area contributed by atoms with Gasteiger partial charge in [-0.3, -0.25) is 0 Å². The van der Waals surface area contributed by atoms with Crippen molar-refractivity contribution >= 4 is 0 Å². The molecule has 0 N–H and O–H groups in total. The normalized spacial score (nSPS) is 11.7. The third kappa shape index (κ3) is 3.62. The van der Waals surface area contributed by atoms with Crippen molar-refractivity contribution in [1.29, 1.82) is 5.26 Å². The predicted octanol–water partition coefficient (Wildman–Crippen LogP) is 2.62. The van der Waals surface area contributed by atoms with E-state index in [0.29, 0.717) is 6.61 Å². The Kier molecular flexibility index (Phi) is 3.84. The molecule has 1 atom stereocenters. The maximum atomic E-state index is 8.53. The standard InChI is InChI=1S/C11H13NO/c1-10(9-12)7-8-13-11-5-3-2-4-6-11/h2-6,10H,7-8H2,1H3/t10-/m1/s1. The molecule has 0 bridgehead atoms. The minimum absolute atomic E-state index is 0.0729. The van der Waals surface area contributed by atoms with E-state index in [-0.39, 0.29) is 5.92 Å². The summed E-state index contributed by atoms with van der Waals surface area (Å²) in [7, 11) is 0. The number of nitrogens with zero attached hydrogens (tertiary/aromatic N) is 1. The molecule has 0 spiro atoms. The van der Waals surface area contributed by atoms with Crippen molar-refractivity contribution in [1.82, 2.24) is 0 Å². The number of hydrogen-bond acceptors (Lipinski definition) is 2. The lowest BCUT2D eigenvalue weighted by atomic mass is 10.1. The molecule has 0 aliphatic rings. The molecule has 0 fully saturated rings. The van der Waals surface area contributed by atoms with Crippen LogP contribution in [0.3, 0.4) is 0 Å². The Morgan fingerprint density at radius 3 is 2.69 bits per heavy atom. The SMILES string of the molecule is C[C@@H](C#N)CCOc1ccccc1. The molecule has 2 heteroatoms. The number of rotatable bonds is 4. The molecule has 2 nitrogen and oxygen atoms in total. The fraction of sp³-hybridized carbons (Fsp3) is 0.364. The first-order valence-corrected chi connectivity index (χ1v) is 4.40. The quantitative estimate of drug-likeness (QED) is 0.704. The zero-order valence-electron chi connectivity index (χ0n) is 7.73. The topological polar surface area (TPSA) is 33.0 Å². The lowest BCUT2D eigenvalue weighted by Crippen LogP contribution is -2.02. The number of para-hydroxylation sites is 1. The zero-order valence-corrected chi connectivity index (χ0v) is 7.73. The average molecular weight is 175 g/mol. The van der Waals surface area contributed by atoms with Crippen LogP contribution in [-0.2, 0) is 0 Å². The largest absolute Gasteiger partial charge is 0.494 e. The summed E-state index contributed by atoms with van der Waals surface area (Å²) in [4.78, 5) is 0. The lowest BCUT2D eigenvalue weighted by Gasteiger charge is -2.05. The molecule has 0 unspecified atom stereocenters. The van der Waals surface area contributed by atoms with Crippen molar-refractivity contribution in [2.75, 3.05) is 6.61 Å². The molecule has 0 radical (unpaired) electrons. The third-order valence-electron chi connectivity index (χ3n) is 1.78. The van der Waals surface area contributed by atoms with E-state index in [1.54, 1.807) is 0 Å². The van der Waals surface area contributed by atoms with Crippen molar-refractivity contribution in [3.05, 3.63) is 30.3 Å². The second-order valence-electron chi connectivity index (χ2n) is 2.98. The Morgan fingerprint density at radius 1 is 1.38 bits per heavy atom. The van der Waals surface area contributed by atoms with Gasteiger partial charge in [0.15, 0.2) is 0 Å². The van der Waals surface area contributed by atoms with Crippen molar-refractivity contribution in [3.8, 4) is 11.8 Å². The van der Waals surface area contributed by atoms with E-state index < -0.39 is 0 Å². The van der Waals surface area contributed by atoms with Gasteiger partial charge < -0.3 is 4.74 Å². The smallest absolute Gasteiger partial charge is 0.119 e. The molecule has 68 valence electrons. The van der Waals surface area contributed by atoms with Crippen molar-refractivity contribution < 1.29 is 4.74 Å². The van der Waals surface area contributed by atoms with Crippen molar-refractivity contribution in [3.63, 3.8) is 0 Å². The highest BCUT2D eigenvalue weighted by atomic mass is 16.5. The van der Waals surface area contributed by atoms with Crippen LogP contribution in [0.5, 0.6) is 5.75 Å².